The first-order valence-corrected chi connectivity index (χ1v) is 11.3. The number of nitrogens with two attached hydrogens (primary N) is 1. The highest BCUT2D eigenvalue weighted by atomic mass is 32.2. The van der Waals surface area contributed by atoms with Crippen LogP contribution in [0.25, 0.3) is 0 Å². The summed E-state index contributed by atoms with van der Waals surface area (Å²) >= 11 is 1.74. The van der Waals surface area contributed by atoms with Gasteiger partial charge in [0.2, 0.25) is 11.8 Å². The van der Waals surface area contributed by atoms with Crippen LogP contribution in [0.2, 0.25) is 0 Å². The highest BCUT2D eigenvalue weighted by Gasteiger charge is 2.51. The molecule has 4 fully saturated rings. The predicted octanol–water partition coefficient (Wildman–Crippen LogP) is 3.50. The molecule has 0 radical (unpaired) electrons. The van der Waals surface area contributed by atoms with Gasteiger partial charge in [0.15, 0.2) is 0 Å². The van der Waals surface area contributed by atoms with E-state index in [0.717, 1.165) is 17.8 Å². The number of hydrogen-bond donors (Lipinski definition) is 2. The summed E-state index contributed by atoms with van der Waals surface area (Å²) in [6, 6.07) is 0. The molecular formula is C21H28N2O5S. The van der Waals surface area contributed by atoms with E-state index in [-0.39, 0.29) is 40.0 Å². The van der Waals surface area contributed by atoms with Gasteiger partial charge in [-0.15, -0.1) is 11.8 Å². The van der Waals surface area contributed by atoms with E-state index in [1.807, 2.05) is 0 Å². The zero-order valence-corrected chi connectivity index (χ0v) is 17.7. The monoisotopic (exact) mass is 420 g/mol. The zero-order valence-electron chi connectivity index (χ0n) is 16.9. The molecule has 8 heteroatoms. The molecule has 0 atom stereocenters. The number of amides is 2. The molecular weight excluding hydrogens is 392 g/mol. The van der Waals surface area contributed by atoms with Crippen molar-refractivity contribution in [2.45, 2.75) is 57.1 Å². The minimum Gasteiger partial charge on any atom is -0.462 e. The molecule has 158 valence electrons. The molecule has 29 heavy (non-hydrogen) atoms. The first kappa shape index (κ1) is 20.3. The Morgan fingerprint density at radius 1 is 1.14 bits per heavy atom. The Kier molecular flexibility index (Phi) is 5.40. The molecule has 0 saturated heterocycles. The SMILES string of the molecule is CCOC(=O)c1c(C)oc(NC(=O)CSC23CC4CC(CC(C4)C2)C3)c1C(N)=O. The molecule has 4 aliphatic carbocycles. The van der Waals surface area contributed by atoms with Crippen molar-refractivity contribution in [2.24, 2.45) is 23.5 Å². The molecule has 0 unspecified atom stereocenters. The lowest BCUT2D eigenvalue weighted by atomic mass is 9.56. The third-order valence-corrected chi connectivity index (χ3v) is 8.07. The number of carbonyl (C=O) groups excluding carboxylic acids is 3. The molecule has 0 aromatic carbocycles. The fourth-order valence-electron chi connectivity index (χ4n) is 5.91. The van der Waals surface area contributed by atoms with Crippen molar-refractivity contribution >= 4 is 35.4 Å². The Morgan fingerprint density at radius 3 is 2.24 bits per heavy atom. The van der Waals surface area contributed by atoms with E-state index >= 15 is 0 Å². The Hall–Kier alpha value is -1.96. The Labute approximate surface area is 174 Å². The highest BCUT2D eigenvalue weighted by molar-refractivity contribution is 8.01. The maximum Gasteiger partial charge on any atom is 0.342 e. The van der Waals surface area contributed by atoms with E-state index < -0.39 is 11.9 Å². The van der Waals surface area contributed by atoms with Crippen LogP contribution < -0.4 is 11.1 Å². The second kappa shape index (κ2) is 7.70. The first-order chi connectivity index (χ1) is 13.8. The van der Waals surface area contributed by atoms with Gasteiger partial charge in [-0.1, -0.05) is 0 Å². The van der Waals surface area contributed by atoms with Gasteiger partial charge in [0.25, 0.3) is 5.91 Å². The summed E-state index contributed by atoms with van der Waals surface area (Å²) in [7, 11) is 0. The summed E-state index contributed by atoms with van der Waals surface area (Å²) in [6.07, 6.45) is 7.69. The number of ether oxygens (including phenoxy) is 1. The maximum absolute atomic E-state index is 12.6. The molecule has 4 aliphatic rings. The quantitative estimate of drug-likeness (QED) is 0.653. The number of carbonyl (C=O) groups is 3. The number of aryl methyl sites for hydroxylation is 1. The van der Waals surface area contributed by atoms with Crippen LogP contribution in [0.15, 0.2) is 4.42 Å². The predicted molar refractivity (Wildman–Crippen MR) is 110 cm³/mol. The van der Waals surface area contributed by atoms with Crippen LogP contribution in [-0.4, -0.2) is 34.9 Å². The van der Waals surface area contributed by atoms with Gasteiger partial charge in [-0.2, -0.15) is 0 Å². The number of esters is 1. The van der Waals surface area contributed by atoms with E-state index in [1.165, 1.54) is 38.5 Å². The van der Waals surface area contributed by atoms with Crippen LogP contribution in [0.5, 0.6) is 0 Å². The van der Waals surface area contributed by atoms with Crippen LogP contribution in [0.4, 0.5) is 5.88 Å². The number of nitrogens with one attached hydrogen (secondary N) is 1. The van der Waals surface area contributed by atoms with Gasteiger partial charge >= 0.3 is 5.97 Å². The smallest absolute Gasteiger partial charge is 0.342 e. The van der Waals surface area contributed by atoms with Crippen LogP contribution >= 0.6 is 11.8 Å². The summed E-state index contributed by atoms with van der Waals surface area (Å²) < 4.78 is 10.7. The van der Waals surface area contributed by atoms with Crippen LogP contribution in [0, 0.1) is 24.7 Å². The van der Waals surface area contributed by atoms with Crippen LogP contribution in [0.1, 0.15) is 71.9 Å². The lowest BCUT2D eigenvalue weighted by Gasteiger charge is -2.56. The van der Waals surface area contributed by atoms with Crippen LogP contribution in [-0.2, 0) is 9.53 Å². The molecule has 1 aromatic heterocycles. The summed E-state index contributed by atoms with van der Waals surface area (Å²) in [5, 5.41) is 2.65. The maximum atomic E-state index is 12.6. The molecule has 2 amide bonds. The molecule has 3 N–H and O–H groups in total. The van der Waals surface area contributed by atoms with Crippen molar-refractivity contribution in [3.05, 3.63) is 16.9 Å². The summed E-state index contributed by atoms with van der Waals surface area (Å²) in [5.74, 6) is 1.08. The van der Waals surface area contributed by atoms with Crippen molar-refractivity contribution in [1.82, 2.24) is 0 Å². The topological polar surface area (TPSA) is 112 Å². The molecule has 0 aliphatic heterocycles. The van der Waals surface area contributed by atoms with Gasteiger partial charge in [-0.25, -0.2) is 4.79 Å². The van der Waals surface area contributed by atoms with Gasteiger partial charge < -0.3 is 14.9 Å². The second-order valence-electron chi connectivity index (χ2n) is 8.76. The van der Waals surface area contributed by atoms with E-state index in [4.69, 9.17) is 14.9 Å². The fraction of sp³-hybridized carbons (Fsp3) is 0.667. The van der Waals surface area contributed by atoms with Gasteiger partial charge in [-0.05, 0) is 70.1 Å². The normalized spacial score (nSPS) is 29.7. The number of primary amides is 1. The Balaban J connectivity index is 1.44. The van der Waals surface area contributed by atoms with E-state index in [0.29, 0.717) is 5.75 Å². The molecule has 4 bridgehead atoms. The summed E-state index contributed by atoms with van der Waals surface area (Å²) in [4.78, 5) is 36.7. The lowest BCUT2D eigenvalue weighted by molar-refractivity contribution is -0.114. The summed E-state index contributed by atoms with van der Waals surface area (Å²) in [6.45, 7) is 3.37. The van der Waals surface area contributed by atoms with Gasteiger partial charge in [0.1, 0.15) is 16.9 Å². The number of thioether (sulfide) groups is 1. The molecule has 1 heterocycles. The van der Waals surface area contributed by atoms with Gasteiger partial charge in [0, 0.05) is 4.75 Å². The van der Waals surface area contributed by atoms with Crippen molar-refractivity contribution in [3.63, 3.8) is 0 Å². The number of furan rings is 1. The van der Waals surface area contributed by atoms with Gasteiger partial charge in [-0.3, -0.25) is 14.9 Å². The average molecular weight is 421 g/mol. The number of hydrogen-bond acceptors (Lipinski definition) is 6. The average Bonchev–Trinajstić information content (AvgIpc) is 2.95. The standard InChI is InChI=1S/C21H28N2O5S/c1-3-27-20(26)16-11(2)28-19(17(16)18(22)25)23-15(24)10-29-21-7-12-4-13(8-21)6-14(5-12)9-21/h12-14H,3-10H2,1-2H3,(H2,22,25)(H,23,24). The largest absolute Gasteiger partial charge is 0.462 e. The summed E-state index contributed by atoms with van der Waals surface area (Å²) in [5.41, 5.74) is 5.30. The third-order valence-electron chi connectivity index (χ3n) is 6.55. The Morgan fingerprint density at radius 2 is 1.72 bits per heavy atom. The van der Waals surface area contributed by atoms with Crippen LogP contribution in [0.3, 0.4) is 0 Å². The van der Waals surface area contributed by atoms with E-state index in [1.54, 1.807) is 25.6 Å². The molecule has 4 saturated carbocycles. The molecule has 7 nitrogen and oxygen atoms in total. The highest BCUT2D eigenvalue weighted by Crippen LogP contribution is 2.60. The van der Waals surface area contributed by atoms with Crippen molar-refractivity contribution in [2.75, 3.05) is 17.7 Å². The van der Waals surface area contributed by atoms with Gasteiger partial charge in [0.05, 0.1) is 12.4 Å². The van der Waals surface area contributed by atoms with E-state index in [2.05, 4.69) is 5.32 Å². The second-order valence-corrected chi connectivity index (χ2v) is 10.2. The Bertz CT molecular complexity index is 811. The van der Waals surface area contributed by atoms with Crippen molar-refractivity contribution in [3.8, 4) is 0 Å². The number of rotatable bonds is 7. The lowest BCUT2D eigenvalue weighted by Crippen LogP contribution is -2.49. The minimum atomic E-state index is -0.839. The molecule has 0 spiro atoms. The third kappa shape index (κ3) is 3.91. The fourth-order valence-corrected chi connectivity index (χ4v) is 7.48. The zero-order chi connectivity index (χ0) is 20.8. The van der Waals surface area contributed by atoms with E-state index in [9.17, 15) is 14.4 Å². The number of anilines is 1. The van der Waals surface area contributed by atoms with Crippen molar-refractivity contribution in [1.29, 1.82) is 0 Å². The van der Waals surface area contributed by atoms with Crippen molar-refractivity contribution < 1.29 is 23.5 Å². The minimum absolute atomic E-state index is 0.0246. The first-order valence-electron chi connectivity index (χ1n) is 10.3. The molecule has 1 aromatic rings. The molecule has 5 rings (SSSR count).